The smallest absolute Gasteiger partial charge is 0.135 e. The van der Waals surface area contributed by atoms with E-state index in [0.29, 0.717) is 0 Å². The fraction of sp³-hybridized carbons (Fsp3) is 0.412. The molecule has 4 nitrogen and oxygen atoms in total. The largest absolute Gasteiger partial charge is 0.360 e. The van der Waals surface area contributed by atoms with Crippen LogP contribution < -0.4 is 10.2 Å². The normalized spacial score (nSPS) is 10.4. The van der Waals surface area contributed by atoms with Gasteiger partial charge in [-0.1, -0.05) is 32.4 Å². The number of rotatable bonds is 7. The standard InChI is InChI=1S/C17H24N4/c1-4-6-11-21(3)17-12-16(18-13-19-17)20-15-9-7-14(5-2)8-10-15/h7-10,12-13H,4-6,11H2,1-3H3,(H,18,19,20). The minimum Gasteiger partial charge on any atom is -0.360 e. The van der Waals surface area contributed by atoms with Crippen molar-refractivity contribution in [2.24, 2.45) is 0 Å². The fourth-order valence-electron chi connectivity index (χ4n) is 2.11. The van der Waals surface area contributed by atoms with Crippen molar-refractivity contribution in [3.8, 4) is 0 Å². The molecule has 2 aromatic rings. The van der Waals surface area contributed by atoms with Gasteiger partial charge < -0.3 is 10.2 Å². The molecule has 21 heavy (non-hydrogen) atoms. The van der Waals surface area contributed by atoms with Crippen LogP contribution in [-0.2, 0) is 6.42 Å². The van der Waals surface area contributed by atoms with Crippen molar-refractivity contribution in [2.75, 3.05) is 23.8 Å². The monoisotopic (exact) mass is 284 g/mol. The van der Waals surface area contributed by atoms with Gasteiger partial charge in [0.2, 0.25) is 0 Å². The first-order valence-corrected chi connectivity index (χ1v) is 7.62. The summed E-state index contributed by atoms with van der Waals surface area (Å²) in [6, 6.07) is 10.4. The van der Waals surface area contributed by atoms with Gasteiger partial charge >= 0.3 is 0 Å². The lowest BCUT2D eigenvalue weighted by atomic mass is 10.1. The third-order valence-corrected chi connectivity index (χ3v) is 3.53. The average Bonchev–Trinajstić information content (AvgIpc) is 2.53. The number of nitrogens with one attached hydrogen (secondary N) is 1. The molecule has 0 spiro atoms. The van der Waals surface area contributed by atoms with E-state index in [-0.39, 0.29) is 0 Å². The molecule has 0 atom stereocenters. The van der Waals surface area contributed by atoms with Crippen LogP contribution in [0.25, 0.3) is 0 Å². The molecule has 0 unspecified atom stereocenters. The zero-order valence-electron chi connectivity index (χ0n) is 13.1. The zero-order chi connectivity index (χ0) is 15.1. The molecule has 0 aliphatic carbocycles. The number of aryl methyl sites for hydroxylation is 1. The molecule has 0 aliphatic rings. The third-order valence-electron chi connectivity index (χ3n) is 3.53. The molecule has 2 rings (SSSR count). The number of benzene rings is 1. The van der Waals surface area contributed by atoms with Gasteiger partial charge in [0, 0.05) is 25.3 Å². The Kier molecular flexibility index (Phi) is 5.55. The highest BCUT2D eigenvalue weighted by Crippen LogP contribution is 2.18. The summed E-state index contributed by atoms with van der Waals surface area (Å²) in [5.74, 6) is 1.78. The molecule has 0 radical (unpaired) electrons. The van der Waals surface area contributed by atoms with E-state index in [2.05, 4.69) is 65.3 Å². The summed E-state index contributed by atoms with van der Waals surface area (Å²) in [6.07, 6.45) is 5.02. The maximum atomic E-state index is 4.34. The van der Waals surface area contributed by atoms with Crippen molar-refractivity contribution < 1.29 is 0 Å². The zero-order valence-corrected chi connectivity index (χ0v) is 13.1. The number of hydrogen-bond acceptors (Lipinski definition) is 4. The molecule has 4 heteroatoms. The first-order chi connectivity index (χ1) is 10.2. The van der Waals surface area contributed by atoms with Crippen molar-refractivity contribution >= 4 is 17.3 Å². The average molecular weight is 284 g/mol. The molecular weight excluding hydrogens is 260 g/mol. The molecular formula is C17H24N4. The number of nitrogens with zero attached hydrogens (tertiary/aromatic N) is 3. The predicted molar refractivity (Wildman–Crippen MR) is 89.3 cm³/mol. The molecule has 112 valence electrons. The summed E-state index contributed by atoms with van der Waals surface area (Å²) in [5.41, 5.74) is 2.39. The molecule has 0 bridgehead atoms. The third kappa shape index (κ3) is 4.45. The molecule has 1 heterocycles. The Bertz CT molecular complexity index is 551. The predicted octanol–water partition coefficient (Wildman–Crippen LogP) is 4.02. The Morgan fingerprint density at radius 3 is 2.52 bits per heavy atom. The van der Waals surface area contributed by atoms with E-state index in [1.54, 1.807) is 6.33 Å². The highest BCUT2D eigenvalue weighted by Gasteiger charge is 2.04. The van der Waals surface area contributed by atoms with Gasteiger partial charge in [0.05, 0.1) is 0 Å². The molecule has 1 N–H and O–H groups in total. The SMILES string of the molecule is CCCCN(C)c1cc(Nc2ccc(CC)cc2)ncn1. The van der Waals surface area contributed by atoms with Crippen LogP contribution in [0.3, 0.4) is 0 Å². The lowest BCUT2D eigenvalue weighted by Crippen LogP contribution is -2.19. The first kappa shape index (κ1) is 15.3. The Morgan fingerprint density at radius 2 is 1.86 bits per heavy atom. The van der Waals surface area contributed by atoms with Crippen LogP contribution in [-0.4, -0.2) is 23.6 Å². The topological polar surface area (TPSA) is 41.0 Å². The summed E-state index contributed by atoms with van der Waals surface area (Å²) < 4.78 is 0. The van der Waals surface area contributed by atoms with E-state index < -0.39 is 0 Å². The Morgan fingerprint density at radius 1 is 1.10 bits per heavy atom. The van der Waals surface area contributed by atoms with Gasteiger partial charge in [-0.3, -0.25) is 0 Å². The first-order valence-electron chi connectivity index (χ1n) is 7.62. The fourth-order valence-corrected chi connectivity index (χ4v) is 2.11. The second-order valence-electron chi connectivity index (χ2n) is 5.21. The van der Waals surface area contributed by atoms with E-state index in [1.807, 2.05) is 6.07 Å². The van der Waals surface area contributed by atoms with E-state index >= 15 is 0 Å². The second kappa shape index (κ2) is 7.62. The van der Waals surface area contributed by atoms with Crippen LogP contribution in [0.1, 0.15) is 32.3 Å². The van der Waals surface area contributed by atoms with Gasteiger partial charge in [-0.25, -0.2) is 9.97 Å². The highest BCUT2D eigenvalue weighted by molar-refractivity contribution is 5.59. The number of hydrogen-bond donors (Lipinski definition) is 1. The number of aromatic nitrogens is 2. The minimum atomic E-state index is 0.826. The highest BCUT2D eigenvalue weighted by atomic mass is 15.2. The Balaban J connectivity index is 2.06. The van der Waals surface area contributed by atoms with Crippen molar-refractivity contribution in [1.82, 2.24) is 9.97 Å². The van der Waals surface area contributed by atoms with Gasteiger partial charge in [-0.15, -0.1) is 0 Å². The molecule has 0 saturated carbocycles. The molecule has 0 aliphatic heterocycles. The van der Waals surface area contributed by atoms with Gasteiger partial charge in [0.15, 0.2) is 0 Å². The molecule has 0 fully saturated rings. The van der Waals surface area contributed by atoms with E-state index in [9.17, 15) is 0 Å². The summed E-state index contributed by atoms with van der Waals surface area (Å²) >= 11 is 0. The van der Waals surface area contributed by atoms with Crippen molar-refractivity contribution in [2.45, 2.75) is 33.1 Å². The van der Waals surface area contributed by atoms with Crippen molar-refractivity contribution in [1.29, 1.82) is 0 Å². The van der Waals surface area contributed by atoms with Crippen LogP contribution in [0.5, 0.6) is 0 Å². The summed E-state index contributed by atoms with van der Waals surface area (Å²) in [7, 11) is 2.07. The maximum Gasteiger partial charge on any atom is 0.135 e. The van der Waals surface area contributed by atoms with E-state index in [1.165, 1.54) is 18.4 Å². The van der Waals surface area contributed by atoms with Gasteiger partial charge in [0.25, 0.3) is 0 Å². The molecule has 0 saturated heterocycles. The quantitative estimate of drug-likeness (QED) is 0.833. The van der Waals surface area contributed by atoms with E-state index in [0.717, 1.165) is 30.3 Å². The summed E-state index contributed by atoms with van der Waals surface area (Å²) in [6.45, 7) is 5.37. The van der Waals surface area contributed by atoms with Crippen molar-refractivity contribution in [3.63, 3.8) is 0 Å². The van der Waals surface area contributed by atoms with Crippen LogP contribution in [0.15, 0.2) is 36.7 Å². The minimum absolute atomic E-state index is 0.826. The van der Waals surface area contributed by atoms with Crippen molar-refractivity contribution in [3.05, 3.63) is 42.2 Å². The summed E-state index contributed by atoms with van der Waals surface area (Å²) in [5, 5.41) is 3.33. The second-order valence-corrected chi connectivity index (χ2v) is 5.21. The van der Waals surface area contributed by atoms with Crippen LogP contribution in [0, 0.1) is 0 Å². The van der Waals surface area contributed by atoms with E-state index in [4.69, 9.17) is 0 Å². The number of unbranched alkanes of at least 4 members (excludes halogenated alkanes) is 1. The molecule has 1 aromatic heterocycles. The summed E-state index contributed by atoms with van der Waals surface area (Å²) in [4.78, 5) is 10.8. The van der Waals surface area contributed by atoms with Gasteiger partial charge in [0.1, 0.15) is 18.0 Å². The lowest BCUT2D eigenvalue weighted by Gasteiger charge is -2.18. The Labute approximate surface area is 127 Å². The van der Waals surface area contributed by atoms with Gasteiger partial charge in [-0.2, -0.15) is 0 Å². The van der Waals surface area contributed by atoms with Crippen LogP contribution in [0.2, 0.25) is 0 Å². The number of anilines is 3. The Hall–Kier alpha value is -2.10. The van der Waals surface area contributed by atoms with Crippen LogP contribution >= 0.6 is 0 Å². The van der Waals surface area contributed by atoms with Crippen LogP contribution in [0.4, 0.5) is 17.3 Å². The molecule has 0 amide bonds. The van der Waals surface area contributed by atoms with Gasteiger partial charge in [-0.05, 0) is 30.5 Å². The lowest BCUT2D eigenvalue weighted by molar-refractivity contribution is 0.758. The maximum absolute atomic E-state index is 4.34. The molecule has 1 aromatic carbocycles.